The van der Waals surface area contributed by atoms with Crippen molar-refractivity contribution in [1.82, 2.24) is 30.0 Å². The number of alkyl halides is 3. The molecule has 3 fully saturated rings. The van der Waals surface area contributed by atoms with Crippen molar-refractivity contribution < 1.29 is 18.0 Å². The Bertz CT molecular complexity index is 868. The summed E-state index contributed by atoms with van der Waals surface area (Å²) in [5, 5.41) is 3.06. The van der Waals surface area contributed by atoms with Gasteiger partial charge in [0.05, 0.1) is 0 Å². The lowest BCUT2D eigenvalue weighted by Crippen LogP contribution is -2.52. The van der Waals surface area contributed by atoms with Gasteiger partial charge in [0.25, 0.3) is 0 Å². The van der Waals surface area contributed by atoms with Gasteiger partial charge in [-0.05, 0) is 38.1 Å². The number of hydrogen-bond donors (Lipinski definition) is 1. The van der Waals surface area contributed by atoms with Crippen molar-refractivity contribution in [3.63, 3.8) is 0 Å². The van der Waals surface area contributed by atoms with Gasteiger partial charge in [-0.1, -0.05) is 20.8 Å². The Morgan fingerprint density at radius 3 is 2.19 bits per heavy atom. The van der Waals surface area contributed by atoms with E-state index in [9.17, 15) is 18.0 Å². The molecule has 0 aromatic carbocycles. The number of anilines is 1. The minimum Gasteiger partial charge on any atom is -0.354 e. The van der Waals surface area contributed by atoms with E-state index in [1.54, 1.807) is 0 Å². The maximum atomic E-state index is 13.4. The van der Waals surface area contributed by atoms with Crippen molar-refractivity contribution in [1.29, 1.82) is 0 Å². The van der Waals surface area contributed by atoms with Gasteiger partial charge in [0.1, 0.15) is 17.3 Å². The number of halogens is 3. The highest BCUT2D eigenvalue weighted by Gasteiger charge is 2.36. The van der Waals surface area contributed by atoms with Crippen LogP contribution in [0.15, 0.2) is 6.07 Å². The fraction of sp³-hybridized carbons (Fsp3) is 0.808. The van der Waals surface area contributed by atoms with Crippen LogP contribution in [0.5, 0.6) is 0 Å². The number of unbranched alkanes of at least 4 members (excludes halogenated alkanes) is 1. The van der Waals surface area contributed by atoms with Gasteiger partial charge >= 0.3 is 12.2 Å². The topological polar surface area (TPSA) is 67.8 Å². The molecule has 0 bridgehead atoms. The first kappa shape index (κ1) is 27.9. The van der Waals surface area contributed by atoms with Crippen molar-refractivity contribution >= 4 is 11.8 Å². The van der Waals surface area contributed by atoms with E-state index in [1.807, 2.05) is 30.6 Å². The molecule has 1 aromatic rings. The van der Waals surface area contributed by atoms with E-state index in [4.69, 9.17) is 0 Å². The van der Waals surface area contributed by atoms with E-state index < -0.39 is 17.3 Å². The fourth-order valence-electron chi connectivity index (χ4n) is 4.84. The van der Waals surface area contributed by atoms with Gasteiger partial charge in [0.15, 0.2) is 0 Å². The summed E-state index contributed by atoms with van der Waals surface area (Å²) < 4.78 is 40.3. The van der Waals surface area contributed by atoms with Gasteiger partial charge in [-0.15, -0.1) is 0 Å². The average Bonchev–Trinajstić information content (AvgIpc) is 3.67. The summed E-state index contributed by atoms with van der Waals surface area (Å²) in [5.74, 6) is 1.45. The minimum atomic E-state index is -4.50. The summed E-state index contributed by atoms with van der Waals surface area (Å²) in [7, 11) is 0. The van der Waals surface area contributed by atoms with Crippen LogP contribution >= 0.6 is 0 Å². The van der Waals surface area contributed by atoms with Crippen LogP contribution in [0.1, 0.15) is 58.0 Å². The molecule has 1 aromatic heterocycles. The zero-order valence-electron chi connectivity index (χ0n) is 22.5. The SMILES string of the molecule is CC(C)(C)c1nc(N2CCN(CCCCNC(=O)N3CCN(CC4CC4)CC3)CC2)cc(C(F)(F)F)n1. The number of rotatable bonds is 8. The zero-order chi connectivity index (χ0) is 26.6. The number of carbonyl (C=O) groups is 1. The van der Waals surface area contributed by atoms with Crippen LogP contribution in [0.2, 0.25) is 0 Å². The summed E-state index contributed by atoms with van der Waals surface area (Å²) in [6.45, 7) is 14.6. The molecule has 0 radical (unpaired) electrons. The smallest absolute Gasteiger partial charge is 0.354 e. The van der Waals surface area contributed by atoms with Crippen LogP contribution in [0.3, 0.4) is 0 Å². The molecule has 208 valence electrons. The average molecular weight is 526 g/mol. The molecule has 0 unspecified atom stereocenters. The normalized spacial score (nSPS) is 20.4. The molecule has 1 N–H and O–H groups in total. The number of nitrogens with zero attached hydrogens (tertiary/aromatic N) is 6. The molecular weight excluding hydrogens is 483 g/mol. The lowest BCUT2D eigenvalue weighted by molar-refractivity contribution is -0.141. The number of piperazine rings is 2. The van der Waals surface area contributed by atoms with Gasteiger partial charge in [-0.3, -0.25) is 9.80 Å². The minimum absolute atomic E-state index is 0.0392. The lowest BCUT2D eigenvalue weighted by Gasteiger charge is -2.36. The fourth-order valence-corrected chi connectivity index (χ4v) is 4.84. The second-order valence-corrected chi connectivity index (χ2v) is 11.7. The second-order valence-electron chi connectivity index (χ2n) is 11.7. The molecule has 0 spiro atoms. The second kappa shape index (κ2) is 11.7. The lowest BCUT2D eigenvalue weighted by atomic mass is 9.95. The first-order valence-electron chi connectivity index (χ1n) is 13.7. The van der Waals surface area contributed by atoms with Crippen LogP contribution in [-0.4, -0.2) is 103 Å². The number of urea groups is 1. The van der Waals surface area contributed by atoms with Crippen LogP contribution < -0.4 is 10.2 Å². The van der Waals surface area contributed by atoms with Crippen LogP contribution in [0.4, 0.5) is 23.8 Å². The Hall–Kier alpha value is -2.14. The number of aromatic nitrogens is 2. The largest absolute Gasteiger partial charge is 0.433 e. The Morgan fingerprint density at radius 1 is 0.946 bits per heavy atom. The van der Waals surface area contributed by atoms with E-state index in [2.05, 4.69) is 25.1 Å². The molecule has 8 nitrogen and oxygen atoms in total. The molecule has 2 amide bonds. The van der Waals surface area contributed by atoms with Gasteiger partial charge in [0, 0.05) is 76.9 Å². The Labute approximate surface area is 218 Å². The molecule has 1 aliphatic carbocycles. The molecule has 11 heteroatoms. The molecule has 0 atom stereocenters. The maximum absolute atomic E-state index is 13.4. The molecule has 3 heterocycles. The van der Waals surface area contributed by atoms with Crippen LogP contribution in [0.25, 0.3) is 0 Å². The molecule has 2 aliphatic heterocycles. The zero-order valence-corrected chi connectivity index (χ0v) is 22.5. The number of carbonyl (C=O) groups excluding carboxylic acids is 1. The highest BCUT2D eigenvalue weighted by molar-refractivity contribution is 5.74. The van der Waals surface area contributed by atoms with Gasteiger partial charge < -0.3 is 15.1 Å². The Kier molecular flexibility index (Phi) is 8.83. The van der Waals surface area contributed by atoms with Crippen molar-refractivity contribution in [3.05, 3.63) is 17.6 Å². The van der Waals surface area contributed by atoms with E-state index in [1.165, 1.54) is 19.4 Å². The molecule has 37 heavy (non-hydrogen) atoms. The summed E-state index contributed by atoms with van der Waals surface area (Å²) in [6, 6.07) is 1.11. The van der Waals surface area contributed by atoms with E-state index in [-0.39, 0.29) is 11.9 Å². The highest BCUT2D eigenvalue weighted by Crippen LogP contribution is 2.32. The molecule has 3 aliphatic rings. The third-order valence-corrected chi connectivity index (χ3v) is 7.42. The van der Waals surface area contributed by atoms with Crippen molar-refractivity contribution in [2.24, 2.45) is 5.92 Å². The summed E-state index contributed by atoms with van der Waals surface area (Å²) >= 11 is 0. The van der Waals surface area contributed by atoms with Gasteiger partial charge in [-0.2, -0.15) is 13.2 Å². The first-order chi connectivity index (χ1) is 17.5. The number of amides is 2. The van der Waals surface area contributed by atoms with E-state index in [0.29, 0.717) is 25.5 Å². The van der Waals surface area contributed by atoms with E-state index in [0.717, 1.165) is 70.6 Å². The predicted octanol–water partition coefficient (Wildman–Crippen LogP) is 3.43. The molecule has 2 saturated heterocycles. The van der Waals surface area contributed by atoms with Gasteiger partial charge in [0.2, 0.25) is 0 Å². The van der Waals surface area contributed by atoms with Crippen molar-refractivity contribution in [2.45, 2.75) is 58.0 Å². The summed E-state index contributed by atoms with van der Waals surface area (Å²) in [6.07, 6.45) is 0.0942. The molecule has 1 saturated carbocycles. The van der Waals surface area contributed by atoms with E-state index >= 15 is 0 Å². The standard InChI is InChI=1S/C26H42F3N7O/c1-25(2,3)23-31-21(26(27,28)29)18-22(32-23)35-14-10-33(11-15-35)9-5-4-8-30-24(37)36-16-12-34(13-17-36)19-20-6-7-20/h18,20H,4-17,19H2,1-3H3,(H,30,37). The third kappa shape index (κ3) is 8.17. The quantitative estimate of drug-likeness (QED) is 0.525. The summed E-state index contributed by atoms with van der Waals surface area (Å²) in [5.41, 5.74) is -1.45. The molecular formula is C26H42F3N7O. The first-order valence-corrected chi connectivity index (χ1v) is 13.7. The Morgan fingerprint density at radius 2 is 1.59 bits per heavy atom. The van der Waals surface area contributed by atoms with Crippen molar-refractivity contribution in [3.8, 4) is 0 Å². The van der Waals surface area contributed by atoms with Gasteiger partial charge in [-0.25, -0.2) is 14.8 Å². The van der Waals surface area contributed by atoms with Crippen LogP contribution in [0, 0.1) is 5.92 Å². The monoisotopic (exact) mass is 525 g/mol. The molecule has 4 rings (SSSR count). The predicted molar refractivity (Wildman–Crippen MR) is 138 cm³/mol. The van der Waals surface area contributed by atoms with Crippen molar-refractivity contribution in [2.75, 3.05) is 76.9 Å². The number of nitrogens with one attached hydrogen (secondary N) is 1. The highest BCUT2D eigenvalue weighted by atomic mass is 19.4. The third-order valence-electron chi connectivity index (χ3n) is 7.42. The summed E-state index contributed by atoms with van der Waals surface area (Å²) in [4.78, 5) is 29.4. The number of hydrogen-bond acceptors (Lipinski definition) is 6. The van der Waals surface area contributed by atoms with Crippen LogP contribution in [-0.2, 0) is 11.6 Å². The Balaban J connectivity index is 1.14. The maximum Gasteiger partial charge on any atom is 0.433 e.